The predicted octanol–water partition coefficient (Wildman–Crippen LogP) is 3.08. The molecule has 1 atom stereocenters. The SMILES string of the molecule is Cc1ccc(C(c2cccc(C)c2)N2CCCNCC2)nc1. The summed E-state index contributed by atoms with van der Waals surface area (Å²) in [5, 5.41) is 3.49. The number of aryl methyl sites for hydroxylation is 2. The number of nitrogens with one attached hydrogen (secondary N) is 1. The van der Waals surface area contributed by atoms with E-state index in [1.165, 1.54) is 23.1 Å². The van der Waals surface area contributed by atoms with Gasteiger partial charge in [-0.15, -0.1) is 0 Å². The molecule has 1 N–H and O–H groups in total. The highest BCUT2D eigenvalue weighted by atomic mass is 15.2. The maximum absolute atomic E-state index is 4.73. The van der Waals surface area contributed by atoms with E-state index in [2.05, 4.69) is 60.5 Å². The van der Waals surface area contributed by atoms with Crippen LogP contribution in [0.4, 0.5) is 0 Å². The molecule has 1 unspecified atom stereocenters. The van der Waals surface area contributed by atoms with Crippen LogP contribution in [0.3, 0.4) is 0 Å². The van der Waals surface area contributed by atoms with Crippen molar-refractivity contribution >= 4 is 0 Å². The van der Waals surface area contributed by atoms with Crippen molar-refractivity contribution in [1.82, 2.24) is 15.2 Å². The smallest absolute Gasteiger partial charge is 0.0776 e. The van der Waals surface area contributed by atoms with E-state index in [-0.39, 0.29) is 6.04 Å². The van der Waals surface area contributed by atoms with Gasteiger partial charge in [0.15, 0.2) is 0 Å². The standard InChI is InChI=1S/C19H25N3/c1-15-5-3-6-17(13-15)19(18-8-7-16(2)14-21-18)22-11-4-9-20-10-12-22/h3,5-8,13-14,19-20H,4,9-12H2,1-2H3. The van der Waals surface area contributed by atoms with Gasteiger partial charge in [0.05, 0.1) is 11.7 Å². The van der Waals surface area contributed by atoms with E-state index in [9.17, 15) is 0 Å². The molecule has 116 valence electrons. The zero-order chi connectivity index (χ0) is 15.4. The lowest BCUT2D eigenvalue weighted by molar-refractivity contribution is 0.237. The summed E-state index contributed by atoms with van der Waals surface area (Å²) in [5.74, 6) is 0. The largest absolute Gasteiger partial charge is 0.315 e. The molecule has 0 spiro atoms. The van der Waals surface area contributed by atoms with Crippen LogP contribution in [0.1, 0.15) is 34.8 Å². The van der Waals surface area contributed by atoms with E-state index < -0.39 is 0 Å². The Kier molecular flexibility index (Phi) is 4.86. The molecular weight excluding hydrogens is 270 g/mol. The van der Waals surface area contributed by atoms with Crippen LogP contribution in [0.5, 0.6) is 0 Å². The Bertz CT molecular complexity index is 598. The third-order valence-electron chi connectivity index (χ3n) is 4.31. The van der Waals surface area contributed by atoms with Crippen molar-refractivity contribution in [2.75, 3.05) is 26.2 Å². The molecule has 1 aromatic heterocycles. The minimum atomic E-state index is 0.250. The Morgan fingerprint density at radius 2 is 1.95 bits per heavy atom. The van der Waals surface area contributed by atoms with Gasteiger partial charge in [-0.3, -0.25) is 9.88 Å². The molecule has 1 aliphatic rings. The Hall–Kier alpha value is -1.71. The number of nitrogens with zero attached hydrogens (tertiary/aromatic N) is 2. The van der Waals surface area contributed by atoms with Gasteiger partial charge in [-0.05, 0) is 44.0 Å². The fraction of sp³-hybridized carbons (Fsp3) is 0.421. The summed E-state index contributed by atoms with van der Waals surface area (Å²) in [7, 11) is 0. The van der Waals surface area contributed by atoms with Crippen LogP contribution in [0.25, 0.3) is 0 Å². The maximum Gasteiger partial charge on any atom is 0.0776 e. The molecule has 1 saturated heterocycles. The van der Waals surface area contributed by atoms with E-state index in [1.807, 2.05) is 6.20 Å². The minimum absolute atomic E-state index is 0.250. The topological polar surface area (TPSA) is 28.2 Å². The van der Waals surface area contributed by atoms with Gasteiger partial charge in [0.25, 0.3) is 0 Å². The summed E-state index contributed by atoms with van der Waals surface area (Å²) in [5.41, 5.74) is 5.02. The summed E-state index contributed by atoms with van der Waals surface area (Å²) >= 11 is 0. The normalized spacial score (nSPS) is 17.9. The lowest BCUT2D eigenvalue weighted by Gasteiger charge is -2.30. The summed E-state index contributed by atoms with van der Waals surface area (Å²) in [6.45, 7) is 8.59. The van der Waals surface area contributed by atoms with E-state index in [0.717, 1.165) is 31.9 Å². The molecule has 2 heterocycles. The third-order valence-corrected chi connectivity index (χ3v) is 4.31. The Morgan fingerprint density at radius 3 is 2.73 bits per heavy atom. The molecule has 0 aliphatic carbocycles. The number of hydrogen-bond acceptors (Lipinski definition) is 3. The molecule has 3 heteroatoms. The van der Waals surface area contributed by atoms with E-state index >= 15 is 0 Å². The first-order valence-electron chi connectivity index (χ1n) is 8.18. The van der Waals surface area contributed by atoms with Crippen molar-refractivity contribution in [1.29, 1.82) is 0 Å². The molecule has 1 aromatic carbocycles. The first kappa shape index (κ1) is 15.2. The average Bonchev–Trinajstić information content (AvgIpc) is 2.79. The van der Waals surface area contributed by atoms with Crippen molar-refractivity contribution in [2.45, 2.75) is 26.3 Å². The second-order valence-corrected chi connectivity index (χ2v) is 6.22. The van der Waals surface area contributed by atoms with Crippen molar-refractivity contribution in [3.8, 4) is 0 Å². The summed E-state index contributed by atoms with van der Waals surface area (Å²) < 4.78 is 0. The van der Waals surface area contributed by atoms with Crippen LogP contribution < -0.4 is 5.32 Å². The summed E-state index contributed by atoms with van der Waals surface area (Å²) in [4.78, 5) is 7.29. The molecule has 0 saturated carbocycles. The van der Waals surface area contributed by atoms with E-state index in [1.54, 1.807) is 0 Å². The molecular formula is C19H25N3. The van der Waals surface area contributed by atoms with Crippen molar-refractivity contribution in [2.24, 2.45) is 0 Å². The second-order valence-electron chi connectivity index (χ2n) is 6.22. The van der Waals surface area contributed by atoms with E-state index in [4.69, 9.17) is 4.98 Å². The summed E-state index contributed by atoms with van der Waals surface area (Å²) in [6, 6.07) is 13.4. The second kappa shape index (κ2) is 7.03. The van der Waals surface area contributed by atoms with Crippen LogP contribution in [0, 0.1) is 13.8 Å². The van der Waals surface area contributed by atoms with Gasteiger partial charge < -0.3 is 5.32 Å². The van der Waals surface area contributed by atoms with Crippen LogP contribution in [-0.2, 0) is 0 Å². The van der Waals surface area contributed by atoms with Crippen molar-refractivity contribution in [3.05, 3.63) is 65.0 Å². The molecule has 1 fully saturated rings. The van der Waals surface area contributed by atoms with Gasteiger partial charge >= 0.3 is 0 Å². The van der Waals surface area contributed by atoms with Crippen molar-refractivity contribution < 1.29 is 0 Å². The molecule has 22 heavy (non-hydrogen) atoms. The first-order chi connectivity index (χ1) is 10.7. The molecule has 0 radical (unpaired) electrons. The van der Waals surface area contributed by atoms with Gasteiger partial charge in [-0.25, -0.2) is 0 Å². The fourth-order valence-corrected chi connectivity index (χ4v) is 3.17. The molecule has 3 rings (SSSR count). The molecule has 1 aliphatic heterocycles. The first-order valence-corrected chi connectivity index (χ1v) is 8.18. The number of benzene rings is 1. The monoisotopic (exact) mass is 295 g/mol. The third kappa shape index (κ3) is 3.54. The van der Waals surface area contributed by atoms with Crippen LogP contribution in [-0.4, -0.2) is 36.1 Å². The molecule has 2 aromatic rings. The van der Waals surface area contributed by atoms with E-state index in [0.29, 0.717) is 0 Å². The number of pyridine rings is 1. The zero-order valence-corrected chi connectivity index (χ0v) is 13.5. The number of rotatable bonds is 3. The molecule has 0 amide bonds. The predicted molar refractivity (Wildman–Crippen MR) is 91.1 cm³/mol. The van der Waals surface area contributed by atoms with Crippen LogP contribution in [0.15, 0.2) is 42.6 Å². The van der Waals surface area contributed by atoms with Gasteiger partial charge in [0.1, 0.15) is 0 Å². The lowest BCUT2D eigenvalue weighted by atomic mass is 9.99. The van der Waals surface area contributed by atoms with Crippen molar-refractivity contribution in [3.63, 3.8) is 0 Å². The molecule has 3 nitrogen and oxygen atoms in total. The van der Waals surface area contributed by atoms with Gasteiger partial charge in [-0.1, -0.05) is 35.9 Å². The van der Waals surface area contributed by atoms with Gasteiger partial charge in [0.2, 0.25) is 0 Å². The Morgan fingerprint density at radius 1 is 1.05 bits per heavy atom. The molecule has 0 bridgehead atoms. The Balaban J connectivity index is 1.99. The maximum atomic E-state index is 4.73. The number of hydrogen-bond donors (Lipinski definition) is 1. The number of aromatic nitrogens is 1. The highest BCUT2D eigenvalue weighted by Crippen LogP contribution is 2.28. The minimum Gasteiger partial charge on any atom is -0.315 e. The average molecular weight is 295 g/mol. The van der Waals surface area contributed by atoms with Crippen LogP contribution >= 0.6 is 0 Å². The fourth-order valence-electron chi connectivity index (χ4n) is 3.17. The zero-order valence-electron chi connectivity index (χ0n) is 13.5. The lowest BCUT2D eigenvalue weighted by Crippen LogP contribution is -2.33. The highest BCUT2D eigenvalue weighted by Gasteiger charge is 2.24. The van der Waals surface area contributed by atoms with Gasteiger partial charge in [-0.2, -0.15) is 0 Å². The quantitative estimate of drug-likeness (QED) is 0.943. The van der Waals surface area contributed by atoms with Gasteiger partial charge in [0, 0.05) is 25.8 Å². The highest BCUT2D eigenvalue weighted by molar-refractivity contribution is 5.32. The Labute approximate surface area is 133 Å². The summed E-state index contributed by atoms with van der Waals surface area (Å²) in [6.07, 6.45) is 3.17. The van der Waals surface area contributed by atoms with Crippen LogP contribution in [0.2, 0.25) is 0 Å².